The first kappa shape index (κ1) is 16.3. The summed E-state index contributed by atoms with van der Waals surface area (Å²) in [5.41, 5.74) is 24.1. The van der Waals surface area contributed by atoms with Crippen molar-refractivity contribution in [3.8, 4) is 0 Å². The smallest absolute Gasteiger partial charge is 0.0850 e. The molecule has 0 amide bonds. The number of para-hydroxylation sites is 2. The summed E-state index contributed by atoms with van der Waals surface area (Å²) in [5, 5.41) is 0. The molecule has 0 radical (unpaired) electrons. The summed E-state index contributed by atoms with van der Waals surface area (Å²) >= 11 is 0. The Morgan fingerprint density at radius 3 is 1.85 bits per heavy atom. The van der Waals surface area contributed by atoms with Gasteiger partial charge in [-0.05, 0) is 35.9 Å². The minimum absolute atomic E-state index is 0.218. The van der Waals surface area contributed by atoms with E-state index in [2.05, 4.69) is 4.90 Å². The van der Waals surface area contributed by atoms with Crippen LogP contribution >= 0.6 is 0 Å². The van der Waals surface area contributed by atoms with Crippen molar-refractivity contribution in [2.45, 2.75) is 12.5 Å². The highest BCUT2D eigenvalue weighted by Gasteiger charge is 2.26. The maximum Gasteiger partial charge on any atom is 0.0850 e. The van der Waals surface area contributed by atoms with Gasteiger partial charge in [0.25, 0.3) is 0 Å². The van der Waals surface area contributed by atoms with Gasteiger partial charge in [-0.25, -0.2) is 0 Å². The van der Waals surface area contributed by atoms with Gasteiger partial charge in [0, 0.05) is 17.8 Å². The predicted octanol–water partition coefficient (Wildman–Crippen LogP) is 3.84. The van der Waals surface area contributed by atoms with Crippen molar-refractivity contribution in [1.29, 1.82) is 0 Å². The molecule has 5 nitrogen and oxygen atoms in total. The number of nitrogens with zero attached hydrogens (tertiary/aromatic N) is 1. The second-order valence-corrected chi connectivity index (χ2v) is 6.46. The van der Waals surface area contributed by atoms with Crippen molar-refractivity contribution < 1.29 is 4.74 Å². The molecular formula is C21H22N4O. The lowest BCUT2D eigenvalue weighted by Crippen LogP contribution is -2.15. The SMILES string of the molecule is Nc1c(CC2CO2)cc(N(c2ccccc2)c2ccccc2)c(N)c1N. The molecule has 26 heavy (non-hydrogen) atoms. The number of anilines is 6. The molecule has 0 aliphatic carbocycles. The molecule has 5 heteroatoms. The van der Waals surface area contributed by atoms with E-state index in [-0.39, 0.29) is 6.10 Å². The van der Waals surface area contributed by atoms with E-state index in [1.807, 2.05) is 66.7 Å². The normalized spacial score (nSPS) is 15.6. The van der Waals surface area contributed by atoms with Gasteiger partial charge in [0.05, 0.1) is 35.5 Å². The number of benzene rings is 3. The van der Waals surface area contributed by atoms with Crippen molar-refractivity contribution in [3.63, 3.8) is 0 Å². The van der Waals surface area contributed by atoms with Gasteiger partial charge < -0.3 is 26.8 Å². The summed E-state index contributed by atoms with van der Waals surface area (Å²) in [6, 6.07) is 22.2. The molecule has 1 aliphatic heterocycles. The number of ether oxygens (including phenoxy) is 1. The van der Waals surface area contributed by atoms with Crippen LogP contribution in [0.1, 0.15) is 5.56 Å². The lowest BCUT2D eigenvalue weighted by Gasteiger charge is -2.28. The lowest BCUT2D eigenvalue weighted by atomic mass is 10.0. The first-order valence-corrected chi connectivity index (χ1v) is 8.63. The quantitative estimate of drug-likeness (QED) is 0.482. The summed E-state index contributed by atoms with van der Waals surface area (Å²) < 4.78 is 5.37. The van der Waals surface area contributed by atoms with Gasteiger partial charge in [0.15, 0.2) is 0 Å². The van der Waals surface area contributed by atoms with Crippen LogP contribution in [0, 0.1) is 0 Å². The zero-order valence-corrected chi connectivity index (χ0v) is 14.4. The van der Waals surface area contributed by atoms with Gasteiger partial charge in [-0.3, -0.25) is 0 Å². The van der Waals surface area contributed by atoms with Crippen LogP contribution in [-0.4, -0.2) is 12.7 Å². The highest BCUT2D eigenvalue weighted by atomic mass is 16.6. The van der Waals surface area contributed by atoms with Crippen LogP contribution < -0.4 is 22.1 Å². The standard InChI is InChI=1S/C21H22N4O/c22-19-14(11-17-13-26-17)12-18(20(23)21(19)24)25(15-7-3-1-4-8-15)16-9-5-2-6-10-16/h1-10,12,17H,11,13,22-24H2. The van der Waals surface area contributed by atoms with Gasteiger partial charge in [0.1, 0.15) is 0 Å². The molecule has 4 rings (SSSR count). The number of nitrogens with two attached hydrogens (primary N) is 3. The minimum Gasteiger partial charge on any atom is -0.397 e. The molecule has 1 heterocycles. The summed E-state index contributed by atoms with van der Waals surface area (Å²) in [6.07, 6.45) is 0.955. The van der Waals surface area contributed by atoms with E-state index in [0.29, 0.717) is 17.1 Å². The summed E-state index contributed by atoms with van der Waals surface area (Å²) in [7, 11) is 0. The summed E-state index contributed by atoms with van der Waals surface area (Å²) in [4.78, 5) is 2.10. The number of hydrogen-bond acceptors (Lipinski definition) is 5. The molecule has 1 unspecified atom stereocenters. The zero-order valence-electron chi connectivity index (χ0n) is 14.4. The van der Waals surface area contributed by atoms with Crippen LogP contribution in [0.15, 0.2) is 66.7 Å². The van der Waals surface area contributed by atoms with Crippen LogP contribution in [0.25, 0.3) is 0 Å². The second-order valence-electron chi connectivity index (χ2n) is 6.46. The van der Waals surface area contributed by atoms with E-state index in [1.54, 1.807) is 0 Å². The van der Waals surface area contributed by atoms with E-state index >= 15 is 0 Å². The average Bonchev–Trinajstić information content (AvgIpc) is 3.50. The topological polar surface area (TPSA) is 93.8 Å². The highest BCUT2D eigenvalue weighted by molar-refractivity contribution is 5.94. The molecule has 0 saturated carbocycles. The Morgan fingerprint density at radius 2 is 1.35 bits per heavy atom. The number of nitrogen functional groups attached to an aromatic ring is 3. The van der Waals surface area contributed by atoms with Crippen LogP contribution in [0.3, 0.4) is 0 Å². The molecule has 1 saturated heterocycles. The monoisotopic (exact) mass is 346 g/mol. The van der Waals surface area contributed by atoms with E-state index in [0.717, 1.165) is 35.7 Å². The molecule has 3 aromatic carbocycles. The van der Waals surface area contributed by atoms with Gasteiger partial charge in [-0.15, -0.1) is 0 Å². The van der Waals surface area contributed by atoms with Crippen molar-refractivity contribution in [2.75, 3.05) is 28.7 Å². The van der Waals surface area contributed by atoms with Gasteiger partial charge in [-0.2, -0.15) is 0 Å². The number of epoxide rings is 1. The minimum atomic E-state index is 0.218. The van der Waals surface area contributed by atoms with Crippen LogP contribution in [0.5, 0.6) is 0 Å². The molecule has 1 atom stereocenters. The highest BCUT2D eigenvalue weighted by Crippen LogP contribution is 2.43. The van der Waals surface area contributed by atoms with Crippen LogP contribution in [0.4, 0.5) is 34.1 Å². The van der Waals surface area contributed by atoms with E-state index in [4.69, 9.17) is 21.9 Å². The number of rotatable bonds is 5. The van der Waals surface area contributed by atoms with E-state index < -0.39 is 0 Å². The molecule has 3 aromatic rings. The van der Waals surface area contributed by atoms with Crippen LogP contribution in [0.2, 0.25) is 0 Å². The Kier molecular flexibility index (Phi) is 4.14. The molecule has 0 spiro atoms. The van der Waals surface area contributed by atoms with Gasteiger partial charge in [0.2, 0.25) is 0 Å². The van der Waals surface area contributed by atoms with E-state index in [9.17, 15) is 0 Å². The Bertz CT molecular complexity index is 869. The Hall–Kier alpha value is -3.18. The molecule has 132 valence electrons. The summed E-state index contributed by atoms with van der Waals surface area (Å²) in [6.45, 7) is 0.764. The lowest BCUT2D eigenvalue weighted by molar-refractivity contribution is 0.408. The molecule has 0 aromatic heterocycles. The zero-order chi connectivity index (χ0) is 18.1. The number of hydrogen-bond donors (Lipinski definition) is 3. The van der Waals surface area contributed by atoms with Gasteiger partial charge in [-0.1, -0.05) is 36.4 Å². The fraction of sp³-hybridized carbons (Fsp3) is 0.143. The molecule has 0 bridgehead atoms. The molecule has 1 aliphatic rings. The third-order valence-corrected chi connectivity index (χ3v) is 4.63. The van der Waals surface area contributed by atoms with E-state index in [1.165, 1.54) is 0 Å². The first-order chi connectivity index (χ1) is 12.6. The third-order valence-electron chi connectivity index (χ3n) is 4.63. The molecule has 6 N–H and O–H groups in total. The molecular weight excluding hydrogens is 324 g/mol. The second kappa shape index (κ2) is 6.61. The van der Waals surface area contributed by atoms with Crippen LogP contribution in [-0.2, 0) is 11.2 Å². The largest absolute Gasteiger partial charge is 0.397 e. The van der Waals surface area contributed by atoms with Gasteiger partial charge >= 0.3 is 0 Å². The predicted molar refractivity (Wildman–Crippen MR) is 108 cm³/mol. The maximum atomic E-state index is 6.40. The Labute approximate surface area is 153 Å². The third kappa shape index (κ3) is 3.05. The molecule has 1 fully saturated rings. The van der Waals surface area contributed by atoms with Crippen molar-refractivity contribution in [1.82, 2.24) is 0 Å². The first-order valence-electron chi connectivity index (χ1n) is 8.63. The fourth-order valence-electron chi connectivity index (χ4n) is 3.14. The van der Waals surface area contributed by atoms with Crippen molar-refractivity contribution in [3.05, 3.63) is 72.3 Å². The van der Waals surface area contributed by atoms with Crippen molar-refractivity contribution in [2.24, 2.45) is 0 Å². The Morgan fingerprint density at radius 1 is 0.808 bits per heavy atom. The summed E-state index contributed by atoms with van der Waals surface area (Å²) in [5.74, 6) is 0. The van der Waals surface area contributed by atoms with Crippen molar-refractivity contribution >= 4 is 34.1 Å². The fourth-order valence-corrected chi connectivity index (χ4v) is 3.14. The average molecular weight is 346 g/mol. The Balaban J connectivity index is 1.89. The maximum absolute atomic E-state index is 6.40.